The first kappa shape index (κ1) is 26.0. The fraction of sp³-hybridized carbons (Fsp3) is 0.857. The quantitative estimate of drug-likeness (QED) is 0.308. The molecule has 0 saturated carbocycles. The minimum absolute atomic E-state index is 0.0113. The van der Waals surface area contributed by atoms with Crippen molar-refractivity contribution in [2.45, 2.75) is 71.1 Å². The second kappa shape index (κ2) is 11.4. The van der Waals surface area contributed by atoms with Crippen LogP contribution in [0.4, 0.5) is 4.79 Å². The molecule has 0 bridgehead atoms. The van der Waals surface area contributed by atoms with E-state index in [4.69, 9.17) is 4.74 Å². The van der Waals surface area contributed by atoms with Crippen molar-refractivity contribution in [1.82, 2.24) is 25.8 Å². The average Bonchev–Trinajstić information content (AvgIpc) is 3.06. The highest BCUT2D eigenvalue weighted by molar-refractivity contribution is 5.81. The standard InChI is InChI=1S/C21H42N6O3/c1-20(2,3)30-19(29)25-21(4,5)15-24-18(22-6)23-12-10-14-27-13-9-11-16(27)17(28)26(7)8/h16H,9-15H2,1-8H3,(H,25,29)(H2,22,23,24). The van der Waals surface area contributed by atoms with Crippen LogP contribution in [0.3, 0.4) is 0 Å². The van der Waals surface area contributed by atoms with Gasteiger partial charge in [0.2, 0.25) is 5.91 Å². The van der Waals surface area contributed by atoms with Gasteiger partial charge < -0.3 is 25.6 Å². The molecule has 2 amide bonds. The van der Waals surface area contributed by atoms with E-state index < -0.39 is 17.2 Å². The van der Waals surface area contributed by atoms with Gasteiger partial charge in [0.1, 0.15) is 5.60 Å². The number of carbonyl (C=O) groups is 2. The van der Waals surface area contributed by atoms with E-state index in [9.17, 15) is 9.59 Å². The second-order valence-electron chi connectivity index (χ2n) is 9.64. The molecule has 0 aromatic heterocycles. The molecule has 1 fully saturated rings. The maximum Gasteiger partial charge on any atom is 0.408 e. The summed E-state index contributed by atoms with van der Waals surface area (Å²) in [6.07, 6.45) is 2.48. The van der Waals surface area contributed by atoms with Crippen molar-refractivity contribution >= 4 is 18.0 Å². The number of carbonyl (C=O) groups excluding carboxylic acids is 2. The lowest BCUT2D eigenvalue weighted by molar-refractivity contribution is -0.133. The molecule has 9 heteroatoms. The monoisotopic (exact) mass is 426 g/mol. The number of likely N-dealkylation sites (N-methyl/N-ethyl adjacent to an activating group) is 1. The van der Waals surface area contributed by atoms with E-state index in [0.717, 1.165) is 38.9 Å². The van der Waals surface area contributed by atoms with E-state index >= 15 is 0 Å². The van der Waals surface area contributed by atoms with E-state index in [0.29, 0.717) is 12.5 Å². The summed E-state index contributed by atoms with van der Waals surface area (Å²) >= 11 is 0. The van der Waals surface area contributed by atoms with Crippen molar-refractivity contribution in [3.05, 3.63) is 0 Å². The van der Waals surface area contributed by atoms with E-state index in [2.05, 4.69) is 25.8 Å². The first-order valence-electron chi connectivity index (χ1n) is 10.8. The van der Waals surface area contributed by atoms with Gasteiger partial charge in [0.25, 0.3) is 0 Å². The second-order valence-corrected chi connectivity index (χ2v) is 9.64. The van der Waals surface area contributed by atoms with Crippen LogP contribution in [0.1, 0.15) is 53.9 Å². The van der Waals surface area contributed by atoms with Gasteiger partial charge in [0, 0.05) is 40.8 Å². The summed E-state index contributed by atoms with van der Waals surface area (Å²) < 4.78 is 5.32. The molecular formula is C21H42N6O3. The molecule has 1 saturated heterocycles. The third-order valence-corrected chi connectivity index (χ3v) is 4.76. The highest BCUT2D eigenvalue weighted by atomic mass is 16.6. The molecule has 1 rings (SSSR count). The number of alkyl carbamates (subject to hydrolysis) is 1. The summed E-state index contributed by atoms with van der Waals surface area (Å²) in [5, 5.41) is 9.41. The zero-order chi connectivity index (χ0) is 22.9. The Morgan fingerprint density at radius 1 is 1.17 bits per heavy atom. The predicted molar refractivity (Wildman–Crippen MR) is 121 cm³/mol. The molecule has 9 nitrogen and oxygen atoms in total. The van der Waals surface area contributed by atoms with Gasteiger partial charge in [0.05, 0.1) is 11.6 Å². The number of hydrogen-bond donors (Lipinski definition) is 3. The van der Waals surface area contributed by atoms with Crippen LogP contribution < -0.4 is 16.0 Å². The number of rotatable bonds is 8. The number of nitrogens with one attached hydrogen (secondary N) is 3. The molecule has 1 heterocycles. The highest BCUT2D eigenvalue weighted by Gasteiger charge is 2.31. The van der Waals surface area contributed by atoms with Crippen LogP contribution in [0.25, 0.3) is 0 Å². The van der Waals surface area contributed by atoms with Crippen LogP contribution in [0.2, 0.25) is 0 Å². The zero-order valence-corrected chi connectivity index (χ0v) is 20.1. The largest absolute Gasteiger partial charge is 0.444 e. The summed E-state index contributed by atoms with van der Waals surface area (Å²) in [5.41, 5.74) is -1.04. The molecule has 30 heavy (non-hydrogen) atoms. The van der Waals surface area contributed by atoms with E-state index in [1.54, 1.807) is 11.9 Å². The first-order chi connectivity index (χ1) is 13.8. The molecule has 174 valence electrons. The van der Waals surface area contributed by atoms with Crippen molar-refractivity contribution < 1.29 is 14.3 Å². The minimum atomic E-state index is -0.531. The van der Waals surface area contributed by atoms with Gasteiger partial charge in [-0.05, 0) is 60.4 Å². The number of ether oxygens (including phenoxy) is 1. The number of aliphatic imine (C=N–C) groups is 1. The minimum Gasteiger partial charge on any atom is -0.444 e. The SMILES string of the molecule is CN=C(NCCCN1CCCC1C(=O)N(C)C)NCC(C)(C)NC(=O)OC(C)(C)C. The van der Waals surface area contributed by atoms with Crippen molar-refractivity contribution in [2.24, 2.45) is 4.99 Å². The lowest BCUT2D eigenvalue weighted by atomic mass is 10.1. The van der Waals surface area contributed by atoms with Crippen molar-refractivity contribution in [3.8, 4) is 0 Å². The van der Waals surface area contributed by atoms with Gasteiger partial charge in [-0.1, -0.05) is 0 Å². The molecule has 1 aliphatic rings. The summed E-state index contributed by atoms with van der Waals surface area (Å²) in [5.74, 6) is 0.869. The molecule has 0 aliphatic carbocycles. The molecule has 1 unspecified atom stereocenters. The van der Waals surface area contributed by atoms with Gasteiger partial charge >= 0.3 is 6.09 Å². The lowest BCUT2D eigenvalue weighted by Gasteiger charge is -2.29. The lowest BCUT2D eigenvalue weighted by Crippen LogP contribution is -2.54. The van der Waals surface area contributed by atoms with Crippen molar-refractivity contribution in [3.63, 3.8) is 0 Å². The van der Waals surface area contributed by atoms with Gasteiger partial charge in [-0.25, -0.2) is 4.79 Å². The predicted octanol–water partition coefficient (Wildman–Crippen LogP) is 1.40. The molecule has 1 aliphatic heterocycles. The number of guanidine groups is 1. The average molecular weight is 427 g/mol. The smallest absolute Gasteiger partial charge is 0.408 e. The van der Waals surface area contributed by atoms with Gasteiger partial charge in [-0.3, -0.25) is 14.7 Å². The highest BCUT2D eigenvalue weighted by Crippen LogP contribution is 2.18. The Kier molecular flexibility index (Phi) is 9.87. The Morgan fingerprint density at radius 2 is 1.83 bits per heavy atom. The Labute approximate surface area is 182 Å². The van der Waals surface area contributed by atoms with Crippen molar-refractivity contribution in [1.29, 1.82) is 0 Å². The Bertz CT molecular complexity index is 598. The summed E-state index contributed by atoms with van der Waals surface area (Å²) in [6, 6.07) is 0.0113. The van der Waals surface area contributed by atoms with Crippen LogP contribution in [0, 0.1) is 0 Å². The first-order valence-corrected chi connectivity index (χ1v) is 10.8. The summed E-state index contributed by atoms with van der Waals surface area (Å²) in [4.78, 5) is 32.5. The fourth-order valence-electron chi connectivity index (χ4n) is 3.31. The molecule has 3 N–H and O–H groups in total. The fourth-order valence-corrected chi connectivity index (χ4v) is 3.31. The molecule has 0 aromatic rings. The number of nitrogens with zero attached hydrogens (tertiary/aromatic N) is 3. The maximum absolute atomic E-state index is 12.3. The van der Waals surface area contributed by atoms with Crippen LogP contribution in [-0.2, 0) is 9.53 Å². The third-order valence-electron chi connectivity index (χ3n) is 4.76. The van der Waals surface area contributed by atoms with Crippen LogP contribution >= 0.6 is 0 Å². The Morgan fingerprint density at radius 3 is 2.40 bits per heavy atom. The summed E-state index contributed by atoms with van der Waals surface area (Å²) in [7, 11) is 5.35. The van der Waals surface area contributed by atoms with Crippen LogP contribution in [-0.4, -0.2) is 92.3 Å². The number of likely N-dealkylation sites (tertiary alicyclic amines) is 1. The van der Waals surface area contributed by atoms with Crippen LogP contribution in [0.15, 0.2) is 4.99 Å². The van der Waals surface area contributed by atoms with E-state index in [1.807, 2.05) is 48.7 Å². The van der Waals surface area contributed by atoms with Crippen molar-refractivity contribution in [2.75, 3.05) is 47.3 Å². The van der Waals surface area contributed by atoms with Gasteiger partial charge in [0.15, 0.2) is 5.96 Å². The Hall–Kier alpha value is -2.03. The molecule has 1 atom stereocenters. The maximum atomic E-state index is 12.3. The molecule has 0 aromatic carbocycles. The number of amides is 2. The molecular weight excluding hydrogens is 384 g/mol. The van der Waals surface area contributed by atoms with Gasteiger partial charge in [-0.2, -0.15) is 0 Å². The number of hydrogen-bond acceptors (Lipinski definition) is 5. The van der Waals surface area contributed by atoms with E-state index in [-0.39, 0.29) is 11.9 Å². The van der Waals surface area contributed by atoms with Crippen LogP contribution in [0.5, 0.6) is 0 Å². The molecule has 0 radical (unpaired) electrons. The molecule has 0 spiro atoms. The third kappa shape index (κ3) is 9.65. The summed E-state index contributed by atoms with van der Waals surface area (Å²) in [6.45, 7) is 12.5. The normalized spacial score (nSPS) is 18.1. The van der Waals surface area contributed by atoms with Gasteiger partial charge in [-0.15, -0.1) is 0 Å². The van der Waals surface area contributed by atoms with E-state index in [1.165, 1.54) is 0 Å². The topological polar surface area (TPSA) is 98.3 Å². The zero-order valence-electron chi connectivity index (χ0n) is 20.1. The Balaban J connectivity index is 2.36.